The van der Waals surface area contributed by atoms with Crippen molar-refractivity contribution in [2.24, 2.45) is 11.7 Å². The fourth-order valence-electron chi connectivity index (χ4n) is 2.38. The summed E-state index contributed by atoms with van der Waals surface area (Å²) in [6, 6.07) is 3.71. The number of hydrogen-bond donors (Lipinski definition) is 1. The highest BCUT2D eigenvalue weighted by molar-refractivity contribution is 5.22. The van der Waals surface area contributed by atoms with Gasteiger partial charge in [0.1, 0.15) is 0 Å². The molecule has 1 aromatic carbocycles. The minimum atomic E-state index is -0.826. The van der Waals surface area contributed by atoms with Crippen LogP contribution in [0.5, 0.6) is 0 Å². The Hall–Kier alpha value is -1.00. The molecule has 4 heteroatoms. The van der Waals surface area contributed by atoms with E-state index in [1.165, 1.54) is 6.07 Å². The van der Waals surface area contributed by atoms with E-state index in [0.717, 1.165) is 25.6 Å². The molecule has 2 rings (SSSR count). The van der Waals surface area contributed by atoms with Crippen LogP contribution in [-0.2, 0) is 0 Å². The molecule has 1 aliphatic rings. The van der Waals surface area contributed by atoms with Crippen molar-refractivity contribution in [3.63, 3.8) is 0 Å². The van der Waals surface area contributed by atoms with Gasteiger partial charge in [0.2, 0.25) is 0 Å². The third kappa shape index (κ3) is 2.82. The van der Waals surface area contributed by atoms with Gasteiger partial charge in [0, 0.05) is 24.7 Å². The van der Waals surface area contributed by atoms with Crippen LogP contribution in [0.15, 0.2) is 18.2 Å². The van der Waals surface area contributed by atoms with Crippen LogP contribution in [0.4, 0.5) is 8.78 Å². The molecule has 0 aromatic heterocycles. The summed E-state index contributed by atoms with van der Waals surface area (Å²) in [5.74, 6) is -0.973. The first-order chi connectivity index (χ1) is 8.08. The van der Waals surface area contributed by atoms with Gasteiger partial charge in [-0.05, 0) is 24.9 Å². The molecule has 0 radical (unpaired) electrons. The summed E-state index contributed by atoms with van der Waals surface area (Å²) in [6.07, 6.45) is 1.15. The molecule has 0 amide bonds. The number of hydrogen-bond acceptors (Lipinski definition) is 2. The van der Waals surface area contributed by atoms with Crippen molar-refractivity contribution in [2.45, 2.75) is 19.4 Å². The monoisotopic (exact) mass is 240 g/mol. The molecule has 17 heavy (non-hydrogen) atoms. The highest BCUT2D eigenvalue weighted by Crippen LogP contribution is 2.21. The molecule has 0 bridgehead atoms. The number of likely N-dealkylation sites (tertiary alicyclic amines) is 1. The van der Waals surface area contributed by atoms with Gasteiger partial charge in [0.15, 0.2) is 11.6 Å². The Labute approximate surface area is 100 Å². The Bertz CT molecular complexity index is 395. The molecular formula is C13H18F2N2. The fourth-order valence-corrected chi connectivity index (χ4v) is 2.38. The van der Waals surface area contributed by atoms with E-state index in [-0.39, 0.29) is 5.56 Å². The van der Waals surface area contributed by atoms with E-state index in [0.29, 0.717) is 12.5 Å². The summed E-state index contributed by atoms with van der Waals surface area (Å²) >= 11 is 0. The van der Waals surface area contributed by atoms with Gasteiger partial charge in [-0.25, -0.2) is 8.78 Å². The average Bonchev–Trinajstić information content (AvgIpc) is 2.68. The molecule has 94 valence electrons. The van der Waals surface area contributed by atoms with Gasteiger partial charge in [0.05, 0.1) is 0 Å². The summed E-state index contributed by atoms with van der Waals surface area (Å²) in [6.45, 7) is 4.76. The topological polar surface area (TPSA) is 29.3 Å². The van der Waals surface area contributed by atoms with E-state index in [4.69, 9.17) is 5.73 Å². The molecule has 2 N–H and O–H groups in total. The molecule has 1 aliphatic heterocycles. The van der Waals surface area contributed by atoms with Crippen molar-refractivity contribution >= 4 is 0 Å². The number of benzene rings is 1. The van der Waals surface area contributed by atoms with Crippen molar-refractivity contribution in [2.75, 3.05) is 19.6 Å². The van der Waals surface area contributed by atoms with Crippen LogP contribution < -0.4 is 5.73 Å². The predicted molar refractivity (Wildman–Crippen MR) is 63.5 cm³/mol. The second kappa shape index (κ2) is 5.10. The zero-order valence-corrected chi connectivity index (χ0v) is 10.00. The first-order valence-corrected chi connectivity index (χ1v) is 5.99. The Morgan fingerprint density at radius 3 is 2.88 bits per heavy atom. The summed E-state index contributed by atoms with van der Waals surface area (Å²) < 4.78 is 26.6. The Kier molecular flexibility index (Phi) is 3.74. The van der Waals surface area contributed by atoms with Crippen LogP contribution in [0.1, 0.15) is 24.9 Å². The van der Waals surface area contributed by atoms with E-state index in [1.807, 2.05) is 0 Å². The smallest absolute Gasteiger partial charge is 0.163 e. The third-order valence-electron chi connectivity index (χ3n) is 3.34. The normalized spacial score (nSPS) is 22.9. The van der Waals surface area contributed by atoms with Gasteiger partial charge >= 0.3 is 0 Å². The molecule has 2 nitrogen and oxygen atoms in total. The van der Waals surface area contributed by atoms with Crippen molar-refractivity contribution < 1.29 is 8.78 Å². The van der Waals surface area contributed by atoms with E-state index < -0.39 is 17.7 Å². The molecule has 0 aliphatic carbocycles. The first kappa shape index (κ1) is 12.5. The van der Waals surface area contributed by atoms with Crippen molar-refractivity contribution in [3.05, 3.63) is 35.4 Å². The average molecular weight is 240 g/mol. The number of halogens is 2. The second-order valence-electron chi connectivity index (χ2n) is 4.90. The lowest BCUT2D eigenvalue weighted by molar-refractivity contribution is 0.303. The van der Waals surface area contributed by atoms with Crippen molar-refractivity contribution in [1.29, 1.82) is 0 Å². The van der Waals surface area contributed by atoms with E-state index in [2.05, 4.69) is 11.8 Å². The van der Waals surface area contributed by atoms with E-state index >= 15 is 0 Å². The Morgan fingerprint density at radius 2 is 2.24 bits per heavy atom. The first-order valence-electron chi connectivity index (χ1n) is 5.99. The molecule has 2 unspecified atom stereocenters. The van der Waals surface area contributed by atoms with Crippen molar-refractivity contribution in [1.82, 2.24) is 4.90 Å². The summed E-state index contributed by atoms with van der Waals surface area (Å²) in [5, 5.41) is 0. The molecule has 2 atom stereocenters. The molecule has 0 spiro atoms. The van der Waals surface area contributed by atoms with Gasteiger partial charge < -0.3 is 10.6 Å². The molecule has 1 fully saturated rings. The standard InChI is InChI=1S/C13H18F2N2/c1-9-5-6-17(7-9)8-12(16)10-3-2-4-11(14)13(10)15/h2-4,9,12H,5-8,16H2,1H3. The Balaban J connectivity index is 2.04. The van der Waals surface area contributed by atoms with Gasteiger partial charge in [-0.15, -0.1) is 0 Å². The van der Waals surface area contributed by atoms with Gasteiger partial charge in [-0.1, -0.05) is 19.1 Å². The molecule has 1 saturated heterocycles. The Morgan fingerprint density at radius 1 is 1.47 bits per heavy atom. The number of nitrogens with zero attached hydrogens (tertiary/aromatic N) is 1. The molecule has 1 aromatic rings. The predicted octanol–water partition coefficient (Wildman–Crippen LogP) is 2.31. The van der Waals surface area contributed by atoms with Crippen LogP contribution in [-0.4, -0.2) is 24.5 Å². The van der Waals surface area contributed by atoms with Crippen molar-refractivity contribution in [3.8, 4) is 0 Å². The van der Waals surface area contributed by atoms with Crippen LogP contribution in [0.25, 0.3) is 0 Å². The van der Waals surface area contributed by atoms with Crippen LogP contribution in [0, 0.1) is 17.6 Å². The minimum absolute atomic E-state index is 0.268. The number of rotatable bonds is 3. The highest BCUT2D eigenvalue weighted by Gasteiger charge is 2.22. The number of nitrogens with two attached hydrogens (primary N) is 1. The van der Waals surface area contributed by atoms with Gasteiger partial charge in [-0.3, -0.25) is 0 Å². The third-order valence-corrected chi connectivity index (χ3v) is 3.34. The van der Waals surface area contributed by atoms with E-state index in [1.54, 1.807) is 6.07 Å². The maximum atomic E-state index is 13.5. The molecule has 1 heterocycles. The van der Waals surface area contributed by atoms with Gasteiger partial charge in [0.25, 0.3) is 0 Å². The van der Waals surface area contributed by atoms with Crippen LogP contribution in [0.2, 0.25) is 0 Å². The second-order valence-corrected chi connectivity index (χ2v) is 4.90. The largest absolute Gasteiger partial charge is 0.323 e. The molecular weight excluding hydrogens is 222 g/mol. The van der Waals surface area contributed by atoms with E-state index in [9.17, 15) is 8.78 Å². The summed E-state index contributed by atoms with van der Waals surface area (Å²) in [7, 11) is 0. The summed E-state index contributed by atoms with van der Waals surface area (Å²) in [4.78, 5) is 2.21. The zero-order valence-electron chi connectivity index (χ0n) is 10.00. The van der Waals surface area contributed by atoms with Gasteiger partial charge in [-0.2, -0.15) is 0 Å². The lowest BCUT2D eigenvalue weighted by Gasteiger charge is -2.21. The highest BCUT2D eigenvalue weighted by atomic mass is 19.2. The maximum Gasteiger partial charge on any atom is 0.163 e. The van der Waals surface area contributed by atoms with Crippen LogP contribution in [0.3, 0.4) is 0 Å². The quantitative estimate of drug-likeness (QED) is 0.878. The molecule has 0 saturated carbocycles. The van der Waals surface area contributed by atoms with Crippen LogP contribution >= 0.6 is 0 Å². The SMILES string of the molecule is CC1CCN(CC(N)c2cccc(F)c2F)C1. The lowest BCUT2D eigenvalue weighted by Crippen LogP contribution is -2.31. The summed E-state index contributed by atoms with van der Waals surface area (Å²) in [5.41, 5.74) is 6.21. The lowest BCUT2D eigenvalue weighted by atomic mass is 10.1. The maximum absolute atomic E-state index is 13.5. The fraction of sp³-hybridized carbons (Fsp3) is 0.538. The minimum Gasteiger partial charge on any atom is -0.323 e. The zero-order chi connectivity index (χ0) is 12.4.